The van der Waals surface area contributed by atoms with Crippen molar-refractivity contribution in [1.29, 1.82) is 0 Å². The normalized spacial score (nSPS) is 10.5. The van der Waals surface area contributed by atoms with Crippen molar-refractivity contribution in [3.63, 3.8) is 0 Å². The van der Waals surface area contributed by atoms with Crippen molar-refractivity contribution in [2.24, 2.45) is 0 Å². The Kier molecular flexibility index (Phi) is 18.1. The summed E-state index contributed by atoms with van der Waals surface area (Å²) in [4.78, 5) is 47.5. The Bertz CT molecular complexity index is 1560. The van der Waals surface area contributed by atoms with E-state index in [4.69, 9.17) is 28.4 Å². The Balaban J connectivity index is 1.32. The molecule has 0 bridgehead atoms. The summed E-state index contributed by atoms with van der Waals surface area (Å²) in [7, 11) is 0. The second kappa shape index (κ2) is 23.1. The zero-order chi connectivity index (χ0) is 36.7. The zero-order valence-electron chi connectivity index (χ0n) is 29.4. The lowest BCUT2D eigenvalue weighted by molar-refractivity contribution is -0.138. The van der Waals surface area contributed by atoms with Gasteiger partial charge in [0.2, 0.25) is 0 Å². The van der Waals surface area contributed by atoms with Crippen molar-refractivity contribution in [2.45, 2.75) is 71.1 Å². The number of rotatable bonds is 24. The van der Waals surface area contributed by atoms with Crippen molar-refractivity contribution in [3.05, 3.63) is 109 Å². The van der Waals surface area contributed by atoms with Gasteiger partial charge in [0.15, 0.2) is 0 Å². The summed E-state index contributed by atoms with van der Waals surface area (Å²) in [6, 6.07) is 18.3. The average Bonchev–Trinajstić information content (AvgIpc) is 3.14. The summed E-state index contributed by atoms with van der Waals surface area (Å²) >= 11 is 0. The fourth-order valence-corrected chi connectivity index (χ4v) is 4.81. The van der Waals surface area contributed by atoms with Gasteiger partial charge < -0.3 is 28.4 Å². The maximum atomic E-state index is 12.8. The van der Waals surface area contributed by atoms with Crippen LogP contribution in [0.2, 0.25) is 0 Å². The highest BCUT2D eigenvalue weighted by Crippen LogP contribution is 2.26. The predicted octanol–water partition coefficient (Wildman–Crippen LogP) is 8.55. The highest BCUT2D eigenvalue weighted by atomic mass is 16.5. The summed E-state index contributed by atoms with van der Waals surface area (Å²) in [5.41, 5.74) is 1.38. The molecule has 10 nitrogen and oxygen atoms in total. The maximum absolute atomic E-state index is 12.8. The Labute approximate surface area is 300 Å². The van der Waals surface area contributed by atoms with Crippen LogP contribution in [-0.2, 0) is 19.1 Å². The van der Waals surface area contributed by atoms with Crippen LogP contribution in [0.5, 0.6) is 23.0 Å². The first-order chi connectivity index (χ1) is 24.8. The molecule has 0 unspecified atom stereocenters. The number of ether oxygens (including phenoxy) is 6. The Morgan fingerprint density at radius 2 is 0.902 bits per heavy atom. The Hall–Kier alpha value is -5.38. The minimum absolute atomic E-state index is 0.327. The molecule has 0 aliphatic heterocycles. The van der Waals surface area contributed by atoms with Gasteiger partial charge in [0.05, 0.1) is 37.6 Å². The molecule has 0 spiro atoms. The molecular weight excluding hydrogens is 652 g/mol. The predicted molar refractivity (Wildman–Crippen MR) is 193 cm³/mol. The minimum Gasteiger partial charge on any atom is -0.494 e. The molecule has 3 aromatic carbocycles. The smallest absolute Gasteiger partial charge is 0.343 e. The highest BCUT2D eigenvalue weighted by molar-refractivity contribution is 5.92. The highest BCUT2D eigenvalue weighted by Gasteiger charge is 2.14. The number of esters is 4. The Morgan fingerprint density at radius 3 is 1.33 bits per heavy atom. The number of unbranched alkanes of at least 4 members (excludes halogenated alkanes) is 8. The van der Waals surface area contributed by atoms with E-state index in [1.54, 1.807) is 73.7 Å². The van der Waals surface area contributed by atoms with Crippen molar-refractivity contribution >= 4 is 23.9 Å². The van der Waals surface area contributed by atoms with Crippen molar-refractivity contribution in [2.75, 3.05) is 26.4 Å². The number of carbonyl (C=O) groups is 4. The molecule has 0 aromatic heterocycles. The molecule has 0 fully saturated rings. The molecule has 272 valence electrons. The van der Waals surface area contributed by atoms with Crippen LogP contribution in [0.15, 0.2) is 92.0 Å². The van der Waals surface area contributed by atoms with Gasteiger partial charge in [0.25, 0.3) is 0 Å². The van der Waals surface area contributed by atoms with Crippen LogP contribution in [0.4, 0.5) is 0 Å². The zero-order valence-corrected chi connectivity index (χ0v) is 29.4. The van der Waals surface area contributed by atoms with Gasteiger partial charge in [0.1, 0.15) is 23.0 Å². The quantitative estimate of drug-likeness (QED) is 0.0389. The first kappa shape index (κ1) is 40.1. The standard InChI is InChI=1S/C41H48O10/c1-4-38(42)48-28-14-9-7-6-8-12-26-46-34-20-16-32(17-21-34)40(44)50-36-24-25-37(31(3)30-36)51-41(45)33-18-22-35(23-19-33)47-27-13-10-11-15-29-49-39(43)5-2/h4-5,16-25,30H,1-2,6-15,26-29H2,3H3. The SMILES string of the molecule is C=CC(=O)OCCCCCCCCOc1ccc(C(=O)Oc2ccc(OC(=O)c3ccc(OCCCCCCOC(=O)C=C)cc3)c(C)c2)cc1. The third-order valence-electron chi connectivity index (χ3n) is 7.68. The van der Waals surface area contributed by atoms with E-state index in [1.165, 1.54) is 6.08 Å². The summed E-state index contributed by atoms with van der Waals surface area (Å²) < 4.78 is 32.6. The van der Waals surface area contributed by atoms with Crippen LogP contribution in [0.1, 0.15) is 90.5 Å². The van der Waals surface area contributed by atoms with Crippen molar-refractivity contribution in [3.8, 4) is 23.0 Å². The lowest BCUT2D eigenvalue weighted by Crippen LogP contribution is -2.10. The van der Waals surface area contributed by atoms with Crippen LogP contribution in [0, 0.1) is 6.92 Å². The van der Waals surface area contributed by atoms with Crippen LogP contribution < -0.4 is 18.9 Å². The Morgan fingerprint density at radius 1 is 0.510 bits per heavy atom. The molecule has 0 radical (unpaired) electrons. The van der Waals surface area contributed by atoms with E-state index in [0.29, 0.717) is 66.1 Å². The number of benzene rings is 3. The minimum atomic E-state index is -0.519. The molecule has 51 heavy (non-hydrogen) atoms. The van der Waals surface area contributed by atoms with Crippen molar-refractivity contribution in [1.82, 2.24) is 0 Å². The van der Waals surface area contributed by atoms with E-state index < -0.39 is 17.9 Å². The van der Waals surface area contributed by atoms with Gasteiger partial charge in [-0.15, -0.1) is 0 Å². The van der Waals surface area contributed by atoms with Crippen LogP contribution in [0.3, 0.4) is 0 Å². The molecule has 0 saturated carbocycles. The molecule has 0 atom stereocenters. The molecule has 0 aliphatic rings. The third kappa shape index (κ3) is 15.8. The number of carbonyl (C=O) groups excluding carboxylic acids is 4. The number of hydrogen-bond donors (Lipinski definition) is 0. The third-order valence-corrected chi connectivity index (χ3v) is 7.68. The lowest BCUT2D eigenvalue weighted by Gasteiger charge is -2.11. The second-order valence-corrected chi connectivity index (χ2v) is 11.7. The first-order valence-electron chi connectivity index (χ1n) is 17.4. The van der Waals surface area contributed by atoms with E-state index in [1.807, 2.05) is 0 Å². The molecule has 0 aliphatic carbocycles. The number of aryl methyl sites for hydroxylation is 1. The van der Waals surface area contributed by atoms with E-state index in [0.717, 1.165) is 70.3 Å². The molecular formula is C41H48O10. The van der Waals surface area contributed by atoms with Gasteiger partial charge in [-0.3, -0.25) is 0 Å². The lowest BCUT2D eigenvalue weighted by atomic mass is 10.1. The second-order valence-electron chi connectivity index (χ2n) is 11.7. The van der Waals surface area contributed by atoms with Gasteiger partial charge in [-0.2, -0.15) is 0 Å². The van der Waals surface area contributed by atoms with Crippen LogP contribution in [-0.4, -0.2) is 50.3 Å². The molecule has 0 N–H and O–H groups in total. The molecule has 10 heteroatoms. The molecule has 0 heterocycles. The largest absolute Gasteiger partial charge is 0.494 e. The van der Waals surface area contributed by atoms with Gasteiger partial charge >= 0.3 is 23.9 Å². The molecule has 3 aromatic rings. The summed E-state index contributed by atoms with van der Waals surface area (Å²) in [5.74, 6) is 0.187. The fourth-order valence-electron chi connectivity index (χ4n) is 4.81. The van der Waals surface area contributed by atoms with Gasteiger partial charge in [-0.25, -0.2) is 19.2 Å². The van der Waals surface area contributed by atoms with Gasteiger partial charge in [0, 0.05) is 12.2 Å². The van der Waals surface area contributed by atoms with Crippen LogP contribution in [0.25, 0.3) is 0 Å². The average molecular weight is 701 g/mol. The van der Waals surface area contributed by atoms with E-state index in [2.05, 4.69) is 13.2 Å². The fraction of sp³-hybridized carbons (Fsp3) is 0.366. The first-order valence-corrected chi connectivity index (χ1v) is 17.4. The number of hydrogen-bond acceptors (Lipinski definition) is 10. The molecule has 3 rings (SSSR count). The van der Waals surface area contributed by atoms with Crippen LogP contribution >= 0.6 is 0 Å². The summed E-state index contributed by atoms with van der Waals surface area (Å²) in [6.07, 6.45) is 11.8. The molecule has 0 amide bonds. The monoisotopic (exact) mass is 700 g/mol. The van der Waals surface area contributed by atoms with E-state index >= 15 is 0 Å². The summed E-state index contributed by atoms with van der Waals surface area (Å²) in [6.45, 7) is 10.4. The van der Waals surface area contributed by atoms with E-state index in [9.17, 15) is 19.2 Å². The van der Waals surface area contributed by atoms with Gasteiger partial charge in [-0.05, 0) is 118 Å². The van der Waals surface area contributed by atoms with Gasteiger partial charge in [-0.1, -0.05) is 38.8 Å². The topological polar surface area (TPSA) is 124 Å². The van der Waals surface area contributed by atoms with Crippen molar-refractivity contribution < 1.29 is 47.6 Å². The maximum Gasteiger partial charge on any atom is 0.343 e. The van der Waals surface area contributed by atoms with E-state index in [-0.39, 0.29) is 5.97 Å². The summed E-state index contributed by atoms with van der Waals surface area (Å²) in [5, 5.41) is 0. The molecule has 0 saturated heterocycles.